The minimum Gasteiger partial charge on any atom is -0.467 e. The first-order valence-electron chi connectivity index (χ1n) is 12.9. The summed E-state index contributed by atoms with van der Waals surface area (Å²) in [5.74, 6) is 0.802. The van der Waals surface area contributed by atoms with E-state index in [1.165, 1.54) is 11.3 Å². The third-order valence-electron chi connectivity index (χ3n) is 7.80. The Morgan fingerprint density at radius 1 is 1.00 bits per heavy atom. The van der Waals surface area contributed by atoms with Crippen molar-refractivity contribution in [3.8, 4) is 5.75 Å². The van der Waals surface area contributed by atoms with Gasteiger partial charge in [-0.15, -0.1) is 0 Å². The molecular formula is C30H32N4O3. The summed E-state index contributed by atoms with van der Waals surface area (Å²) in [5, 5.41) is 3.12. The van der Waals surface area contributed by atoms with Gasteiger partial charge < -0.3 is 19.9 Å². The van der Waals surface area contributed by atoms with Gasteiger partial charge in [0.15, 0.2) is 5.72 Å². The van der Waals surface area contributed by atoms with Crippen LogP contribution in [0.5, 0.6) is 5.75 Å². The molecule has 0 radical (unpaired) electrons. The van der Waals surface area contributed by atoms with Gasteiger partial charge in [0.2, 0.25) is 0 Å². The monoisotopic (exact) mass is 496 g/mol. The number of fused-ring (bicyclic) bond motifs is 4. The van der Waals surface area contributed by atoms with Crippen molar-refractivity contribution in [2.45, 2.75) is 45.0 Å². The van der Waals surface area contributed by atoms with Crippen LogP contribution in [-0.2, 0) is 0 Å². The number of aryl methyl sites for hydroxylation is 1. The summed E-state index contributed by atoms with van der Waals surface area (Å²) >= 11 is 0. The average molecular weight is 497 g/mol. The maximum atomic E-state index is 13.4. The van der Waals surface area contributed by atoms with Gasteiger partial charge in [-0.1, -0.05) is 30.3 Å². The molecule has 2 saturated heterocycles. The molecule has 0 aliphatic carbocycles. The van der Waals surface area contributed by atoms with Crippen molar-refractivity contribution in [2.75, 3.05) is 29.4 Å². The van der Waals surface area contributed by atoms with Crippen molar-refractivity contribution in [2.24, 2.45) is 0 Å². The minimum absolute atomic E-state index is 0.0134. The van der Waals surface area contributed by atoms with E-state index in [9.17, 15) is 9.59 Å². The highest BCUT2D eigenvalue weighted by Crippen LogP contribution is 2.45. The van der Waals surface area contributed by atoms with Crippen LogP contribution in [0.2, 0.25) is 0 Å². The molecule has 3 aromatic carbocycles. The van der Waals surface area contributed by atoms with Crippen LogP contribution < -0.4 is 19.9 Å². The summed E-state index contributed by atoms with van der Waals surface area (Å²) in [6, 6.07) is 23.6. The van der Waals surface area contributed by atoms with E-state index in [0.29, 0.717) is 30.8 Å². The first-order valence-corrected chi connectivity index (χ1v) is 12.9. The van der Waals surface area contributed by atoms with E-state index in [2.05, 4.69) is 48.3 Å². The Hall–Kier alpha value is -4.00. The zero-order chi connectivity index (χ0) is 25.7. The van der Waals surface area contributed by atoms with Crippen molar-refractivity contribution in [3.63, 3.8) is 0 Å². The van der Waals surface area contributed by atoms with E-state index in [1.54, 1.807) is 4.90 Å². The van der Waals surface area contributed by atoms with E-state index in [4.69, 9.17) is 4.74 Å². The number of carbonyl (C=O) groups excluding carboxylic acids is 2. The number of nitrogens with zero attached hydrogens (tertiary/aromatic N) is 3. The Bertz CT molecular complexity index is 1360. The van der Waals surface area contributed by atoms with Crippen LogP contribution in [0.4, 0.5) is 16.2 Å². The summed E-state index contributed by atoms with van der Waals surface area (Å²) < 4.78 is 6.35. The van der Waals surface area contributed by atoms with Gasteiger partial charge in [0.1, 0.15) is 5.75 Å². The summed E-state index contributed by atoms with van der Waals surface area (Å²) in [6.07, 6.45) is 0.638. The van der Waals surface area contributed by atoms with Crippen LogP contribution in [0.15, 0.2) is 72.8 Å². The van der Waals surface area contributed by atoms with E-state index in [-0.39, 0.29) is 24.0 Å². The highest BCUT2D eigenvalue weighted by Gasteiger charge is 2.49. The number of urea groups is 1. The number of carbonyl (C=O) groups is 2. The molecule has 3 heterocycles. The molecule has 1 N–H and O–H groups in total. The second-order valence-electron chi connectivity index (χ2n) is 10.5. The lowest BCUT2D eigenvalue weighted by Gasteiger charge is -2.50. The molecule has 0 aromatic heterocycles. The maximum Gasteiger partial charge on any atom is 0.325 e. The zero-order valence-corrected chi connectivity index (χ0v) is 21.5. The lowest BCUT2D eigenvalue weighted by molar-refractivity contribution is 0.0379. The number of ether oxygens (including phenoxy) is 1. The fourth-order valence-electron chi connectivity index (χ4n) is 5.98. The normalized spacial score (nSPS) is 24.7. The molecule has 0 spiro atoms. The largest absolute Gasteiger partial charge is 0.467 e. The Labute approximate surface area is 217 Å². The molecule has 0 unspecified atom stereocenters. The number of hydrogen-bond acceptors (Lipinski definition) is 4. The van der Waals surface area contributed by atoms with Crippen molar-refractivity contribution in [1.82, 2.24) is 10.2 Å². The molecule has 3 aromatic rings. The zero-order valence-electron chi connectivity index (χ0n) is 21.5. The van der Waals surface area contributed by atoms with Crippen molar-refractivity contribution in [3.05, 3.63) is 89.5 Å². The Morgan fingerprint density at radius 3 is 2.54 bits per heavy atom. The minimum atomic E-state index is -0.811. The van der Waals surface area contributed by atoms with Crippen LogP contribution >= 0.6 is 0 Å². The lowest BCUT2D eigenvalue weighted by atomic mass is 9.90. The second kappa shape index (κ2) is 8.83. The molecule has 3 atom stereocenters. The Kier molecular flexibility index (Phi) is 5.59. The first-order chi connectivity index (χ1) is 17.8. The maximum absolute atomic E-state index is 13.4. The summed E-state index contributed by atoms with van der Waals surface area (Å²) in [4.78, 5) is 32.5. The SMILES string of the molecule is Cc1cccc(N2CCN(C(=O)c3ccc(N4C(=O)N[C@H]5C[C@@]4(C)Oc4ccccc45)cc3)C[C@H]2C)c1. The highest BCUT2D eigenvalue weighted by atomic mass is 16.5. The predicted molar refractivity (Wildman–Crippen MR) is 144 cm³/mol. The summed E-state index contributed by atoms with van der Waals surface area (Å²) in [6.45, 7) is 8.33. The molecule has 3 amide bonds. The molecule has 3 aliphatic heterocycles. The van der Waals surface area contributed by atoms with Crippen LogP contribution in [-0.4, -0.2) is 48.2 Å². The summed E-state index contributed by atoms with van der Waals surface area (Å²) in [5.41, 5.74) is 3.95. The van der Waals surface area contributed by atoms with Crippen molar-refractivity contribution in [1.29, 1.82) is 0 Å². The summed E-state index contributed by atoms with van der Waals surface area (Å²) in [7, 11) is 0. The van der Waals surface area contributed by atoms with E-state index >= 15 is 0 Å². The molecule has 3 aliphatic rings. The van der Waals surface area contributed by atoms with Gasteiger partial charge >= 0.3 is 6.03 Å². The third-order valence-corrected chi connectivity index (χ3v) is 7.80. The fourth-order valence-corrected chi connectivity index (χ4v) is 5.98. The van der Waals surface area contributed by atoms with Gasteiger partial charge in [0.05, 0.1) is 6.04 Å². The van der Waals surface area contributed by atoms with Crippen LogP contribution in [0.25, 0.3) is 0 Å². The quantitative estimate of drug-likeness (QED) is 0.547. The fraction of sp³-hybridized carbons (Fsp3) is 0.333. The standard InChI is InChI=1S/C30H32N4O3/c1-20-7-6-8-24(17-20)33-16-15-32(19-21(33)2)28(35)22-11-13-23(14-12-22)34-29(36)31-26-18-30(34,3)37-27-10-5-4-9-25(26)27/h4-14,17,21,26H,15-16,18-19H2,1-3H3,(H,31,36)/t21-,26+,30-/m1/s1. The smallest absolute Gasteiger partial charge is 0.325 e. The Morgan fingerprint density at radius 2 is 1.78 bits per heavy atom. The van der Waals surface area contributed by atoms with Gasteiger partial charge in [0.25, 0.3) is 5.91 Å². The molecule has 6 rings (SSSR count). The first kappa shape index (κ1) is 23.4. The lowest BCUT2D eigenvalue weighted by Crippen LogP contribution is -2.65. The van der Waals surface area contributed by atoms with Gasteiger partial charge in [-0.05, 0) is 68.8 Å². The van der Waals surface area contributed by atoms with Gasteiger partial charge in [0, 0.05) is 54.6 Å². The number of anilines is 2. The molecule has 7 nitrogen and oxygen atoms in total. The Balaban J connectivity index is 1.18. The number of hydrogen-bond donors (Lipinski definition) is 1. The van der Waals surface area contributed by atoms with Gasteiger partial charge in [-0.25, -0.2) is 4.79 Å². The third kappa shape index (κ3) is 4.08. The second-order valence-corrected chi connectivity index (χ2v) is 10.5. The molecule has 0 saturated carbocycles. The van der Waals surface area contributed by atoms with Crippen molar-refractivity contribution >= 4 is 23.3 Å². The molecular weight excluding hydrogens is 464 g/mol. The molecule has 2 bridgehead atoms. The molecule has 7 heteroatoms. The number of amides is 3. The van der Waals surface area contributed by atoms with E-state index in [1.807, 2.05) is 60.4 Å². The molecule has 2 fully saturated rings. The number of piperazine rings is 1. The van der Waals surface area contributed by atoms with E-state index in [0.717, 1.165) is 17.9 Å². The van der Waals surface area contributed by atoms with Crippen LogP contribution in [0.3, 0.4) is 0 Å². The number of nitrogens with one attached hydrogen (secondary N) is 1. The number of para-hydroxylation sites is 1. The van der Waals surface area contributed by atoms with Crippen LogP contribution in [0, 0.1) is 6.92 Å². The van der Waals surface area contributed by atoms with E-state index < -0.39 is 5.72 Å². The highest BCUT2D eigenvalue weighted by molar-refractivity contribution is 5.97. The molecule has 190 valence electrons. The van der Waals surface area contributed by atoms with Crippen molar-refractivity contribution < 1.29 is 14.3 Å². The van der Waals surface area contributed by atoms with Crippen LogP contribution in [0.1, 0.15) is 47.8 Å². The number of rotatable bonds is 3. The topological polar surface area (TPSA) is 65.1 Å². The van der Waals surface area contributed by atoms with Gasteiger partial charge in [-0.2, -0.15) is 0 Å². The average Bonchev–Trinajstić information content (AvgIpc) is 2.88. The van der Waals surface area contributed by atoms with Gasteiger partial charge in [-0.3, -0.25) is 9.69 Å². The predicted octanol–water partition coefficient (Wildman–Crippen LogP) is 5.12. The number of benzene rings is 3. The molecule has 37 heavy (non-hydrogen) atoms.